The molecule has 0 radical (unpaired) electrons. The van der Waals surface area contributed by atoms with Gasteiger partial charge in [0.05, 0.1) is 5.60 Å². The molecule has 0 aromatic heterocycles. The highest BCUT2D eigenvalue weighted by Gasteiger charge is 2.39. The molecule has 1 saturated heterocycles. The van der Waals surface area contributed by atoms with E-state index in [1.807, 2.05) is 0 Å². The second kappa shape index (κ2) is 5.50. The molecule has 0 aromatic carbocycles. The molecular formula is C14H27NO. The number of nitrogens with one attached hydrogen (secondary N) is 1. The molecule has 2 heteroatoms. The van der Waals surface area contributed by atoms with Crippen molar-refractivity contribution in [3.05, 3.63) is 0 Å². The Morgan fingerprint density at radius 2 is 2.06 bits per heavy atom. The normalized spacial score (nSPS) is 40.9. The largest absolute Gasteiger partial charge is 0.388 e. The van der Waals surface area contributed by atoms with Gasteiger partial charge in [-0.3, -0.25) is 0 Å². The van der Waals surface area contributed by atoms with E-state index in [1.165, 1.54) is 44.9 Å². The van der Waals surface area contributed by atoms with E-state index >= 15 is 0 Å². The Morgan fingerprint density at radius 3 is 2.75 bits per heavy atom. The molecule has 3 unspecified atom stereocenters. The Labute approximate surface area is 99.8 Å². The SMILES string of the molecule is CCCC1CCCC(O)(C2CCCN2)CC1. The van der Waals surface area contributed by atoms with Gasteiger partial charge in [0.1, 0.15) is 0 Å². The first kappa shape index (κ1) is 12.4. The maximum Gasteiger partial charge on any atom is 0.0800 e. The zero-order valence-electron chi connectivity index (χ0n) is 10.7. The molecule has 3 atom stereocenters. The van der Waals surface area contributed by atoms with Gasteiger partial charge in [-0.05, 0) is 44.6 Å². The van der Waals surface area contributed by atoms with Crippen LogP contribution in [0, 0.1) is 5.92 Å². The summed E-state index contributed by atoms with van der Waals surface area (Å²) in [5, 5.41) is 14.3. The van der Waals surface area contributed by atoms with Crippen molar-refractivity contribution < 1.29 is 5.11 Å². The van der Waals surface area contributed by atoms with E-state index in [2.05, 4.69) is 12.2 Å². The second-order valence-electron chi connectivity index (χ2n) is 5.84. The quantitative estimate of drug-likeness (QED) is 0.724. The molecule has 0 bridgehead atoms. The van der Waals surface area contributed by atoms with Crippen LogP contribution in [0.1, 0.15) is 64.7 Å². The molecule has 1 aliphatic heterocycles. The lowest BCUT2D eigenvalue weighted by molar-refractivity contribution is -0.00751. The molecule has 16 heavy (non-hydrogen) atoms. The fraction of sp³-hybridized carbons (Fsp3) is 1.00. The van der Waals surface area contributed by atoms with E-state index in [0.717, 1.165) is 25.3 Å². The molecule has 2 fully saturated rings. The van der Waals surface area contributed by atoms with E-state index in [-0.39, 0.29) is 5.60 Å². The third kappa shape index (κ3) is 2.78. The van der Waals surface area contributed by atoms with Crippen LogP contribution < -0.4 is 5.32 Å². The Morgan fingerprint density at radius 1 is 1.19 bits per heavy atom. The number of hydrogen-bond donors (Lipinski definition) is 2. The van der Waals surface area contributed by atoms with Crippen molar-refractivity contribution in [2.45, 2.75) is 76.4 Å². The molecule has 2 aliphatic rings. The van der Waals surface area contributed by atoms with Crippen LogP contribution >= 0.6 is 0 Å². The van der Waals surface area contributed by atoms with Crippen LogP contribution in [0.25, 0.3) is 0 Å². The van der Waals surface area contributed by atoms with Crippen molar-refractivity contribution in [2.24, 2.45) is 5.92 Å². The topological polar surface area (TPSA) is 32.3 Å². The summed E-state index contributed by atoms with van der Waals surface area (Å²) in [5.41, 5.74) is -0.390. The lowest BCUT2D eigenvalue weighted by Crippen LogP contribution is -2.47. The van der Waals surface area contributed by atoms with Gasteiger partial charge in [-0.25, -0.2) is 0 Å². The lowest BCUT2D eigenvalue weighted by Gasteiger charge is -2.33. The van der Waals surface area contributed by atoms with Gasteiger partial charge in [-0.15, -0.1) is 0 Å². The zero-order chi connectivity index (χ0) is 11.4. The van der Waals surface area contributed by atoms with Gasteiger partial charge in [0.15, 0.2) is 0 Å². The standard InChI is InChI=1S/C14H27NO/c1-2-5-12-6-3-9-14(16,10-8-12)13-7-4-11-15-13/h12-13,15-16H,2-11H2,1H3. The molecule has 2 rings (SSSR count). The van der Waals surface area contributed by atoms with Gasteiger partial charge < -0.3 is 10.4 Å². The Bertz CT molecular complexity index is 213. The van der Waals surface area contributed by atoms with E-state index in [9.17, 15) is 5.11 Å². The Hall–Kier alpha value is -0.0800. The molecule has 1 aliphatic carbocycles. The summed E-state index contributed by atoms with van der Waals surface area (Å²) in [7, 11) is 0. The second-order valence-corrected chi connectivity index (χ2v) is 5.84. The minimum Gasteiger partial charge on any atom is -0.388 e. The zero-order valence-corrected chi connectivity index (χ0v) is 10.7. The van der Waals surface area contributed by atoms with Crippen LogP contribution in [0.2, 0.25) is 0 Å². The first-order valence-corrected chi connectivity index (χ1v) is 7.20. The highest BCUT2D eigenvalue weighted by molar-refractivity contribution is 4.96. The molecule has 0 aromatic rings. The highest BCUT2D eigenvalue weighted by atomic mass is 16.3. The lowest BCUT2D eigenvalue weighted by atomic mass is 9.85. The summed E-state index contributed by atoms with van der Waals surface area (Å²) in [5.74, 6) is 0.875. The van der Waals surface area contributed by atoms with Crippen molar-refractivity contribution in [1.82, 2.24) is 5.32 Å². The predicted octanol–water partition coefficient (Wildman–Crippen LogP) is 2.85. The third-order valence-electron chi connectivity index (χ3n) is 4.61. The summed E-state index contributed by atoms with van der Waals surface area (Å²) in [6.45, 7) is 3.38. The fourth-order valence-electron chi connectivity index (χ4n) is 3.61. The smallest absolute Gasteiger partial charge is 0.0800 e. The van der Waals surface area contributed by atoms with Crippen LogP contribution in [-0.2, 0) is 0 Å². The minimum absolute atomic E-state index is 0.382. The molecule has 1 saturated carbocycles. The van der Waals surface area contributed by atoms with E-state index in [0.29, 0.717) is 6.04 Å². The maximum absolute atomic E-state index is 10.8. The number of hydrogen-bond acceptors (Lipinski definition) is 2. The average molecular weight is 225 g/mol. The summed E-state index contributed by atoms with van der Waals surface area (Å²) in [6.07, 6.45) is 10.9. The molecule has 94 valence electrons. The van der Waals surface area contributed by atoms with Gasteiger partial charge in [0, 0.05) is 6.04 Å². The van der Waals surface area contributed by atoms with Crippen LogP contribution in [0.15, 0.2) is 0 Å². The summed E-state index contributed by atoms with van der Waals surface area (Å²) < 4.78 is 0. The maximum atomic E-state index is 10.8. The van der Waals surface area contributed by atoms with Gasteiger partial charge in [-0.1, -0.05) is 32.6 Å². The third-order valence-corrected chi connectivity index (χ3v) is 4.61. The number of aliphatic hydroxyl groups is 1. The van der Waals surface area contributed by atoms with Crippen molar-refractivity contribution in [3.8, 4) is 0 Å². The molecular weight excluding hydrogens is 198 g/mol. The molecule has 1 heterocycles. The Kier molecular flexibility index (Phi) is 4.26. The fourth-order valence-corrected chi connectivity index (χ4v) is 3.61. The first-order chi connectivity index (χ1) is 7.74. The van der Waals surface area contributed by atoms with Gasteiger partial charge in [0.2, 0.25) is 0 Å². The van der Waals surface area contributed by atoms with Crippen molar-refractivity contribution in [2.75, 3.05) is 6.54 Å². The van der Waals surface area contributed by atoms with Crippen LogP contribution in [0.5, 0.6) is 0 Å². The van der Waals surface area contributed by atoms with Gasteiger partial charge >= 0.3 is 0 Å². The highest BCUT2D eigenvalue weighted by Crippen LogP contribution is 2.36. The summed E-state index contributed by atoms with van der Waals surface area (Å²) in [6, 6.07) is 0.382. The van der Waals surface area contributed by atoms with Gasteiger partial charge in [0.25, 0.3) is 0 Å². The minimum atomic E-state index is -0.390. The summed E-state index contributed by atoms with van der Waals surface area (Å²) >= 11 is 0. The van der Waals surface area contributed by atoms with Crippen LogP contribution in [-0.4, -0.2) is 23.3 Å². The van der Waals surface area contributed by atoms with Crippen molar-refractivity contribution in [1.29, 1.82) is 0 Å². The molecule has 0 spiro atoms. The van der Waals surface area contributed by atoms with E-state index in [1.54, 1.807) is 0 Å². The first-order valence-electron chi connectivity index (χ1n) is 7.20. The van der Waals surface area contributed by atoms with E-state index in [4.69, 9.17) is 0 Å². The van der Waals surface area contributed by atoms with Crippen LogP contribution in [0.3, 0.4) is 0 Å². The summed E-state index contributed by atoms with van der Waals surface area (Å²) in [4.78, 5) is 0. The van der Waals surface area contributed by atoms with Crippen molar-refractivity contribution >= 4 is 0 Å². The van der Waals surface area contributed by atoms with Crippen molar-refractivity contribution in [3.63, 3.8) is 0 Å². The Balaban J connectivity index is 1.90. The average Bonchev–Trinajstić information content (AvgIpc) is 2.74. The van der Waals surface area contributed by atoms with Gasteiger partial charge in [-0.2, -0.15) is 0 Å². The van der Waals surface area contributed by atoms with E-state index < -0.39 is 0 Å². The molecule has 2 N–H and O–H groups in total. The van der Waals surface area contributed by atoms with Crippen LogP contribution in [0.4, 0.5) is 0 Å². The monoisotopic (exact) mass is 225 g/mol. The predicted molar refractivity (Wildman–Crippen MR) is 67.5 cm³/mol. The molecule has 0 amide bonds. The molecule has 2 nitrogen and oxygen atoms in total. The number of rotatable bonds is 3.